The van der Waals surface area contributed by atoms with Gasteiger partial charge in [-0.25, -0.2) is 0 Å². The van der Waals surface area contributed by atoms with E-state index < -0.39 is 12.6 Å². The second-order valence-electron chi connectivity index (χ2n) is 7.34. The lowest BCUT2D eigenvalue weighted by Crippen LogP contribution is -2.26. The van der Waals surface area contributed by atoms with Crippen LogP contribution < -0.4 is 5.11 Å². The van der Waals surface area contributed by atoms with Gasteiger partial charge in [-0.15, -0.1) is 0 Å². The molecule has 1 rings (SSSR count). The zero-order chi connectivity index (χ0) is 17.1. The van der Waals surface area contributed by atoms with Crippen LogP contribution in [0.15, 0.2) is 17.3 Å². The Morgan fingerprint density at radius 1 is 1.18 bits per heavy atom. The SMILES string of the molecule is CC(C)(C)c1cc(/C=N/OCC(=O)[O-])cc(C(C)(C)C)c1O. The van der Waals surface area contributed by atoms with Crippen LogP contribution in [0.25, 0.3) is 0 Å². The van der Waals surface area contributed by atoms with Gasteiger partial charge in [-0.3, -0.25) is 0 Å². The number of nitrogens with zero attached hydrogens (tertiary/aromatic N) is 1. The van der Waals surface area contributed by atoms with Crippen molar-refractivity contribution in [2.75, 3.05) is 6.61 Å². The average Bonchev–Trinajstić information content (AvgIpc) is 2.33. The Balaban J connectivity index is 3.27. The molecule has 0 heterocycles. The summed E-state index contributed by atoms with van der Waals surface area (Å²) in [7, 11) is 0. The van der Waals surface area contributed by atoms with E-state index in [1.54, 1.807) is 0 Å². The average molecular weight is 306 g/mol. The number of carbonyl (C=O) groups excluding carboxylic acids is 1. The van der Waals surface area contributed by atoms with Crippen molar-refractivity contribution in [3.05, 3.63) is 28.8 Å². The summed E-state index contributed by atoms with van der Waals surface area (Å²) in [6, 6.07) is 3.66. The van der Waals surface area contributed by atoms with Gasteiger partial charge in [0, 0.05) is 11.1 Å². The fraction of sp³-hybridized carbons (Fsp3) is 0.529. The lowest BCUT2D eigenvalue weighted by Gasteiger charge is -2.27. The summed E-state index contributed by atoms with van der Waals surface area (Å²) in [5.74, 6) is -1.04. The lowest BCUT2D eigenvalue weighted by atomic mass is 9.78. The fourth-order valence-electron chi connectivity index (χ4n) is 2.06. The smallest absolute Gasteiger partial charge is 0.156 e. The van der Waals surface area contributed by atoms with Crippen LogP contribution in [-0.4, -0.2) is 23.9 Å². The number of rotatable bonds is 4. The number of hydrogen-bond donors (Lipinski definition) is 1. The molecule has 0 aromatic heterocycles. The highest BCUT2D eigenvalue weighted by atomic mass is 16.6. The first kappa shape index (κ1) is 18.0. The third-order valence-electron chi connectivity index (χ3n) is 3.21. The molecule has 0 saturated carbocycles. The molecule has 0 unspecified atom stereocenters. The largest absolute Gasteiger partial charge is 0.546 e. The van der Waals surface area contributed by atoms with E-state index >= 15 is 0 Å². The van der Waals surface area contributed by atoms with Crippen LogP contribution >= 0.6 is 0 Å². The Hall–Kier alpha value is -2.04. The molecule has 0 atom stereocenters. The molecular formula is C17H24NO4-. The molecule has 0 amide bonds. The van der Waals surface area contributed by atoms with E-state index in [1.807, 2.05) is 53.7 Å². The molecule has 1 N–H and O–H groups in total. The number of carboxylic acids is 1. The minimum absolute atomic E-state index is 0.236. The molecule has 0 fully saturated rings. The maximum Gasteiger partial charge on any atom is 0.156 e. The fourth-order valence-corrected chi connectivity index (χ4v) is 2.06. The first-order valence-electron chi connectivity index (χ1n) is 7.16. The van der Waals surface area contributed by atoms with Gasteiger partial charge >= 0.3 is 0 Å². The topological polar surface area (TPSA) is 82.0 Å². The number of phenols is 1. The minimum Gasteiger partial charge on any atom is -0.546 e. The molecular weight excluding hydrogens is 282 g/mol. The molecule has 0 aliphatic rings. The normalized spacial score (nSPS) is 12.6. The van der Waals surface area contributed by atoms with Crippen LogP contribution in [0, 0.1) is 0 Å². The second-order valence-corrected chi connectivity index (χ2v) is 7.34. The number of aliphatic carboxylic acids is 1. The maximum absolute atomic E-state index is 10.6. The van der Waals surface area contributed by atoms with Crippen molar-refractivity contribution in [1.29, 1.82) is 0 Å². The van der Waals surface area contributed by atoms with E-state index in [4.69, 9.17) is 0 Å². The molecule has 0 radical (unpaired) electrons. The van der Waals surface area contributed by atoms with E-state index in [0.29, 0.717) is 0 Å². The third kappa shape index (κ3) is 4.76. The molecule has 0 saturated heterocycles. The predicted molar refractivity (Wildman–Crippen MR) is 84.1 cm³/mol. The Bertz CT molecular complexity index is 542. The molecule has 5 heteroatoms. The van der Waals surface area contributed by atoms with E-state index in [1.165, 1.54) is 6.21 Å². The van der Waals surface area contributed by atoms with Crippen molar-refractivity contribution in [3.8, 4) is 5.75 Å². The zero-order valence-electron chi connectivity index (χ0n) is 14.1. The number of carbonyl (C=O) groups is 1. The molecule has 22 heavy (non-hydrogen) atoms. The Labute approximate surface area is 131 Å². The van der Waals surface area contributed by atoms with Gasteiger partial charge < -0.3 is 19.8 Å². The van der Waals surface area contributed by atoms with Gasteiger partial charge in [0.2, 0.25) is 0 Å². The highest BCUT2D eigenvalue weighted by Gasteiger charge is 2.26. The first-order chi connectivity index (χ1) is 9.93. The number of aromatic hydroxyl groups is 1. The molecule has 0 bridgehead atoms. The lowest BCUT2D eigenvalue weighted by molar-refractivity contribution is -0.309. The molecule has 1 aromatic carbocycles. The predicted octanol–water partition coefficient (Wildman–Crippen LogP) is 2.09. The van der Waals surface area contributed by atoms with Crippen molar-refractivity contribution in [2.45, 2.75) is 52.4 Å². The number of benzene rings is 1. The molecule has 122 valence electrons. The van der Waals surface area contributed by atoms with Crippen molar-refractivity contribution < 1.29 is 19.8 Å². The molecule has 0 aliphatic carbocycles. The van der Waals surface area contributed by atoms with E-state index in [-0.39, 0.29) is 16.6 Å². The van der Waals surface area contributed by atoms with Crippen molar-refractivity contribution >= 4 is 12.2 Å². The van der Waals surface area contributed by atoms with Gasteiger partial charge in [0.25, 0.3) is 0 Å². The van der Waals surface area contributed by atoms with Gasteiger partial charge in [-0.1, -0.05) is 46.7 Å². The van der Waals surface area contributed by atoms with Crippen molar-refractivity contribution in [2.24, 2.45) is 5.16 Å². The van der Waals surface area contributed by atoms with Crippen LogP contribution in [0.2, 0.25) is 0 Å². The molecule has 0 aliphatic heterocycles. The third-order valence-corrected chi connectivity index (χ3v) is 3.21. The number of phenolic OH excluding ortho intramolecular Hbond substituents is 1. The summed E-state index contributed by atoms with van der Waals surface area (Å²) in [6.07, 6.45) is 1.44. The summed E-state index contributed by atoms with van der Waals surface area (Å²) in [6.45, 7) is 11.5. The summed E-state index contributed by atoms with van der Waals surface area (Å²) in [5, 5.41) is 24.5. The second kappa shape index (κ2) is 6.38. The highest BCUT2D eigenvalue weighted by molar-refractivity contribution is 5.81. The minimum atomic E-state index is -1.33. The molecule has 0 spiro atoms. The Morgan fingerprint density at radius 3 is 2.00 bits per heavy atom. The van der Waals surface area contributed by atoms with Crippen molar-refractivity contribution in [1.82, 2.24) is 0 Å². The Morgan fingerprint density at radius 2 is 1.64 bits per heavy atom. The molecule has 1 aromatic rings. The quantitative estimate of drug-likeness (QED) is 0.682. The zero-order valence-corrected chi connectivity index (χ0v) is 14.1. The highest BCUT2D eigenvalue weighted by Crippen LogP contribution is 2.39. The number of oxime groups is 1. The summed E-state index contributed by atoms with van der Waals surface area (Å²) in [5.41, 5.74) is 1.88. The standard InChI is InChI=1S/C17H25NO4/c1-16(2,3)12-7-11(9-18-22-10-14(19)20)8-13(15(12)21)17(4,5)6/h7-9,21H,10H2,1-6H3,(H,19,20)/p-1/b18-9+. The molecule has 5 nitrogen and oxygen atoms in total. The maximum atomic E-state index is 10.6. The Kier molecular flexibility index (Phi) is 5.22. The van der Waals surface area contributed by atoms with Crippen LogP contribution in [0.5, 0.6) is 5.75 Å². The van der Waals surface area contributed by atoms with Gasteiger partial charge in [0.05, 0.1) is 12.2 Å². The summed E-state index contributed by atoms with van der Waals surface area (Å²) in [4.78, 5) is 14.9. The van der Waals surface area contributed by atoms with E-state index in [0.717, 1.165) is 16.7 Å². The van der Waals surface area contributed by atoms with Crippen LogP contribution in [0.1, 0.15) is 58.2 Å². The van der Waals surface area contributed by atoms with E-state index in [9.17, 15) is 15.0 Å². The van der Waals surface area contributed by atoms with Gasteiger partial charge in [-0.2, -0.15) is 0 Å². The summed E-state index contributed by atoms with van der Waals surface area (Å²) < 4.78 is 0. The van der Waals surface area contributed by atoms with Gasteiger partial charge in [0.15, 0.2) is 6.61 Å². The van der Waals surface area contributed by atoms with Crippen LogP contribution in [0.3, 0.4) is 0 Å². The van der Waals surface area contributed by atoms with Crippen molar-refractivity contribution in [3.63, 3.8) is 0 Å². The number of hydrogen-bond acceptors (Lipinski definition) is 5. The number of carboxylic acid groups (broad SMARTS) is 1. The van der Waals surface area contributed by atoms with Crippen LogP contribution in [-0.2, 0) is 20.5 Å². The van der Waals surface area contributed by atoms with Gasteiger partial charge in [-0.05, 0) is 28.5 Å². The van der Waals surface area contributed by atoms with E-state index in [2.05, 4.69) is 9.99 Å². The van der Waals surface area contributed by atoms with Crippen LogP contribution in [0.4, 0.5) is 0 Å². The van der Waals surface area contributed by atoms with Gasteiger partial charge in [0.1, 0.15) is 5.75 Å². The first-order valence-corrected chi connectivity index (χ1v) is 7.16. The monoisotopic (exact) mass is 306 g/mol. The summed E-state index contributed by atoms with van der Waals surface area (Å²) >= 11 is 0.